The van der Waals surface area contributed by atoms with Gasteiger partial charge in [0.15, 0.2) is 12.6 Å². The van der Waals surface area contributed by atoms with Crippen molar-refractivity contribution in [3.05, 3.63) is 165 Å². The number of aromatic amines is 3. The summed E-state index contributed by atoms with van der Waals surface area (Å²) in [4.78, 5) is 71.5. The number of rotatable bonds is 20. The van der Waals surface area contributed by atoms with E-state index in [0.717, 1.165) is 51.2 Å². The molecule has 15 rings (SSSR count). The first-order valence-corrected chi connectivity index (χ1v) is 28.5. The third-order valence-corrected chi connectivity index (χ3v) is 12.8. The summed E-state index contributed by atoms with van der Waals surface area (Å²) in [7, 11) is 7.60. The quantitative estimate of drug-likeness (QED) is 0.0331. The van der Waals surface area contributed by atoms with Gasteiger partial charge in [-0.05, 0) is 74.5 Å². The van der Waals surface area contributed by atoms with Gasteiger partial charge in [-0.3, -0.25) is 15.0 Å². The maximum Gasteiger partial charge on any atom is 0.422 e. The normalized spacial score (nSPS) is 10.6. The molecule has 0 aliphatic carbocycles. The molecule has 0 amide bonds. The van der Waals surface area contributed by atoms with Crippen molar-refractivity contribution in [1.29, 1.82) is 0 Å². The van der Waals surface area contributed by atoms with Crippen LogP contribution in [0.1, 0.15) is 42.6 Å². The molecule has 15 heterocycles. The van der Waals surface area contributed by atoms with E-state index in [4.69, 9.17) is 26.8 Å². The Morgan fingerprint density at radius 3 is 1.30 bits per heavy atom. The first kappa shape index (κ1) is 81.8. The van der Waals surface area contributed by atoms with Crippen LogP contribution in [0.5, 0.6) is 12.0 Å². The molecule has 8 N–H and O–H groups in total. The van der Waals surface area contributed by atoms with Crippen LogP contribution in [-0.4, -0.2) is 132 Å². The van der Waals surface area contributed by atoms with Crippen LogP contribution in [-0.2, 0) is 210 Å². The average molecular weight is 1740 g/mol. The van der Waals surface area contributed by atoms with Crippen LogP contribution in [0, 0.1) is 31.6 Å². The summed E-state index contributed by atoms with van der Waals surface area (Å²) in [5.41, 5.74) is 5.98. The van der Waals surface area contributed by atoms with Gasteiger partial charge < -0.3 is 137 Å². The standard InChI is InChI=1S/C13H14N5O2.C12H9F3N5O2.C12H13N6O.2C11H10N5O.5Y/c1-8(2)20-13-17-10-11(15-7-16-12(10)18-13)14-6-9-4-3-5-19-9;13-12(14,15)5-22-11-19-8-9(17-6-18-10(8)20-11)16-4-7-2-1-3-21-7;1-18(2)12-16-9-10(14-7-15-11(9)17-12)13-6-8-4-3-5-19-8;1-16-7-15-11-9(16)10(13-6-14-11)12-5-8-3-2-4-17-8;1-16-7-15-9-10(13-6-14-11(9)16)12-5-8-3-2-4-17-8;;;;;/h3-5,8H,6H2,1-2H3,(H2,14,15,16,17,18);1-3H,4-5H2,(H2,16,17,18,19,20);3-5H,6H2,1-2H3,(H2,13,14,15,16,17);2*2-4,7H,5H2,1H3,(H,12,13,14);;;;;/q5*-1;;;;;. The zero-order valence-corrected chi connectivity index (χ0v) is 68.3. The zero-order chi connectivity index (χ0) is 66.1. The number of anilines is 6. The number of furan rings is 5. The van der Waals surface area contributed by atoms with Gasteiger partial charge in [-0.1, -0.05) is 0 Å². The number of H-pyrrole nitrogens is 3. The molecule has 0 bridgehead atoms. The monoisotopic (exact) mass is 1740 g/mol. The third kappa shape index (κ3) is 22.9. The Morgan fingerprint density at radius 1 is 0.480 bits per heavy atom. The van der Waals surface area contributed by atoms with Crippen molar-refractivity contribution < 1.29 is 208 Å². The van der Waals surface area contributed by atoms with Crippen LogP contribution in [0.15, 0.2) is 127 Å². The smallest absolute Gasteiger partial charge is 0.422 e. The number of ether oxygens (including phenoxy) is 2. The van der Waals surface area contributed by atoms with Gasteiger partial charge in [-0.2, -0.15) is 13.2 Å². The van der Waals surface area contributed by atoms with Crippen LogP contribution in [0.25, 0.3) is 55.8 Å². The third-order valence-electron chi connectivity index (χ3n) is 12.8. The molecular formula is C59H56F3N26O7Y5-5. The van der Waals surface area contributed by atoms with Crippen molar-refractivity contribution in [3.8, 4) is 12.0 Å². The summed E-state index contributed by atoms with van der Waals surface area (Å²) in [6.45, 7) is 4.95. The zero-order valence-electron chi connectivity index (χ0n) is 54.1. The van der Waals surface area contributed by atoms with Crippen molar-refractivity contribution in [3.63, 3.8) is 0 Å². The predicted octanol–water partition coefficient (Wildman–Crippen LogP) is 8.59. The van der Waals surface area contributed by atoms with E-state index < -0.39 is 12.8 Å². The van der Waals surface area contributed by atoms with Crippen LogP contribution in [0.3, 0.4) is 0 Å². The topological polar surface area (TPSA) is 398 Å². The first-order chi connectivity index (χ1) is 46.2. The molecule has 505 valence electrons. The molecule has 33 nitrogen and oxygen atoms in total. The number of nitrogens with zero attached hydrogens (tertiary/aromatic N) is 18. The van der Waals surface area contributed by atoms with Crippen molar-refractivity contribution in [1.82, 2.24) is 98.8 Å². The molecular weight excluding hydrogens is 1690 g/mol. The van der Waals surface area contributed by atoms with Gasteiger partial charge in [0.25, 0.3) is 12.0 Å². The fraction of sp³-hybridized carbons (Fsp3) is 0.237. The summed E-state index contributed by atoms with van der Waals surface area (Å²) in [5, 5.41) is 15.6. The Labute approximate surface area is 691 Å². The van der Waals surface area contributed by atoms with E-state index >= 15 is 0 Å². The molecule has 41 heteroatoms. The van der Waals surface area contributed by atoms with E-state index in [1.807, 2.05) is 105 Å². The fourth-order valence-corrected chi connectivity index (χ4v) is 8.42. The molecule has 5 radical (unpaired) electrons. The van der Waals surface area contributed by atoms with Gasteiger partial charge in [-0.25, -0.2) is 9.97 Å². The largest absolute Gasteiger partial charge is 0.468 e. The second-order valence-corrected chi connectivity index (χ2v) is 20.3. The van der Waals surface area contributed by atoms with Crippen LogP contribution in [0.2, 0.25) is 0 Å². The number of hydrogen-bond donors (Lipinski definition) is 8. The molecule has 0 aromatic carbocycles. The van der Waals surface area contributed by atoms with Crippen molar-refractivity contribution >= 4 is 90.9 Å². The Bertz CT molecular complexity index is 4800. The number of nitrogens with one attached hydrogen (secondary N) is 8. The predicted molar refractivity (Wildman–Crippen MR) is 334 cm³/mol. The Morgan fingerprint density at radius 2 is 0.860 bits per heavy atom. The number of halogens is 3. The van der Waals surface area contributed by atoms with Crippen molar-refractivity contribution in [2.45, 2.75) is 58.9 Å². The molecule has 15 aromatic heterocycles. The molecule has 0 saturated heterocycles. The molecule has 0 saturated carbocycles. The van der Waals surface area contributed by atoms with E-state index in [1.165, 1.54) is 6.26 Å². The molecule has 0 fully saturated rings. The molecule has 0 spiro atoms. The van der Waals surface area contributed by atoms with Gasteiger partial charge in [0, 0.05) is 286 Å². The number of imidazole rings is 5. The SMILES string of the molecule is CC(C)Oc1nc2n[c-]nc(NCc3ccco3)c2[nH]1.CN(C)c1nc2n[c-]nc(NCc3ccco3)c2[nH]1.Cn1cnc2c(NCc3ccco3)n[c-]nc21.Cn1cnc2n[c-]nc(NCc3ccco3)c21.FC(F)(F)COc1nc2n[c-]nc(NCc3ccco3)c2[nH]1.[Y].[Y].[Y].[Y].[Y]. The molecule has 0 unspecified atom stereocenters. The molecule has 0 aliphatic heterocycles. The maximum atomic E-state index is 12.1. The summed E-state index contributed by atoms with van der Waals surface area (Å²) < 4.78 is 76.3. The summed E-state index contributed by atoms with van der Waals surface area (Å²) in [6, 6.07) is 18.6. The minimum Gasteiger partial charge on any atom is -0.468 e. The second-order valence-electron chi connectivity index (χ2n) is 20.3. The van der Waals surface area contributed by atoms with Crippen LogP contribution >= 0.6 is 0 Å². The van der Waals surface area contributed by atoms with E-state index in [9.17, 15) is 13.2 Å². The van der Waals surface area contributed by atoms with Gasteiger partial charge >= 0.3 is 6.18 Å². The fourth-order valence-electron chi connectivity index (χ4n) is 8.42. The van der Waals surface area contributed by atoms with E-state index in [-0.39, 0.29) is 181 Å². The van der Waals surface area contributed by atoms with Crippen molar-refractivity contribution in [2.75, 3.05) is 52.2 Å². The first-order valence-electron chi connectivity index (χ1n) is 28.5. The second kappa shape index (κ2) is 39.9. The summed E-state index contributed by atoms with van der Waals surface area (Å²) in [6.07, 6.45) is 19.8. The van der Waals surface area contributed by atoms with Gasteiger partial charge in [0.05, 0.1) is 105 Å². The number of hydrogen-bond acceptors (Lipinski definition) is 28. The Hall–Kier alpha value is -7.14. The van der Waals surface area contributed by atoms with E-state index in [2.05, 4.69) is 153 Å². The minimum atomic E-state index is -4.45. The molecule has 0 aliphatic rings. The summed E-state index contributed by atoms with van der Waals surface area (Å²) in [5.74, 6) is 7.68. The molecule has 100 heavy (non-hydrogen) atoms. The Balaban J connectivity index is 0.000000195. The minimum absolute atomic E-state index is 0. The van der Waals surface area contributed by atoms with Gasteiger partial charge in [-0.15, -0.1) is 0 Å². The number of fused-ring (bicyclic) bond motifs is 5. The van der Waals surface area contributed by atoms with Crippen LogP contribution < -0.4 is 41.0 Å². The number of aromatic nitrogens is 20. The number of alkyl halides is 3. The van der Waals surface area contributed by atoms with Gasteiger partial charge in [0.1, 0.15) is 28.8 Å². The van der Waals surface area contributed by atoms with Gasteiger partial charge in [0.2, 0.25) is 0 Å². The van der Waals surface area contributed by atoms with Crippen LogP contribution in [0.4, 0.5) is 48.2 Å². The maximum absolute atomic E-state index is 12.1. The molecule has 0 atom stereocenters. The summed E-state index contributed by atoms with van der Waals surface area (Å²) >= 11 is 0. The Kier molecular flexibility index (Phi) is 32.6. The van der Waals surface area contributed by atoms with E-state index in [1.54, 1.807) is 49.8 Å². The number of aryl methyl sites for hydroxylation is 2. The van der Waals surface area contributed by atoms with Crippen molar-refractivity contribution in [2.24, 2.45) is 14.1 Å². The van der Waals surface area contributed by atoms with E-state index in [0.29, 0.717) is 102 Å². The molecule has 15 aromatic rings. The average Bonchev–Trinajstić information content (AvgIpc) is 1.64.